The Labute approximate surface area is 109 Å². The molecule has 0 aliphatic heterocycles. The number of fused-ring (bicyclic) bond motifs is 1. The molecular formula is C12H15N5O2. The maximum absolute atomic E-state index is 11.1. The van der Waals surface area contributed by atoms with E-state index >= 15 is 0 Å². The molecule has 1 aliphatic rings. The van der Waals surface area contributed by atoms with Crippen LogP contribution in [0.4, 0.5) is 5.82 Å². The molecule has 0 radical (unpaired) electrons. The summed E-state index contributed by atoms with van der Waals surface area (Å²) in [5.74, 6) is -0.213. The minimum absolute atomic E-state index is 0.0458. The Kier molecular flexibility index (Phi) is 3.02. The highest BCUT2D eigenvalue weighted by atomic mass is 16.4. The molecule has 2 aromatic heterocycles. The molecule has 0 aromatic carbocycles. The summed E-state index contributed by atoms with van der Waals surface area (Å²) in [6, 6.07) is 0.234. The number of carboxylic acids is 1. The fourth-order valence-corrected chi connectivity index (χ4v) is 2.71. The zero-order valence-corrected chi connectivity index (χ0v) is 10.4. The molecule has 1 saturated carbocycles. The van der Waals surface area contributed by atoms with Crippen LogP contribution < -0.4 is 4.90 Å². The second kappa shape index (κ2) is 4.83. The molecule has 2 N–H and O–H groups in total. The van der Waals surface area contributed by atoms with Crippen molar-refractivity contribution in [2.24, 2.45) is 0 Å². The number of anilines is 1. The van der Waals surface area contributed by atoms with Crippen LogP contribution in [-0.4, -0.2) is 43.6 Å². The summed E-state index contributed by atoms with van der Waals surface area (Å²) in [5, 5.41) is 9.12. The van der Waals surface area contributed by atoms with E-state index in [4.69, 9.17) is 5.11 Å². The molecule has 3 rings (SSSR count). The first-order valence-electron chi connectivity index (χ1n) is 6.38. The van der Waals surface area contributed by atoms with Crippen LogP contribution in [0.2, 0.25) is 0 Å². The monoisotopic (exact) mass is 261 g/mol. The van der Waals surface area contributed by atoms with Gasteiger partial charge in [0.1, 0.15) is 18.4 Å². The van der Waals surface area contributed by atoms with E-state index in [0.717, 1.165) is 25.7 Å². The van der Waals surface area contributed by atoms with Gasteiger partial charge in [0.15, 0.2) is 11.5 Å². The van der Waals surface area contributed by atoms with Crippen LogP contribution in [0.25, 0.3) is 11.2 Å². The van der Waals surface area contributed by atoms with Gasteiger partial charge in [-0.3, -0.25) is 4.79 Å². The molecule has 0 amide bonds. The number of hydrogen-bond donors (Lipinski definition) is 2. The number of nitrogens with zero attached hydrogens (tertiary/aromatic N) is 4. The Bertz CT molecular complexity index is 591. The van der Waals surface area contributed by atoms with Gasteiger partial charge in [0.05, 0.1) is 6.33 Å². The summed E-state index contributed by atoms with van der Waals surface area (Å²) in [7, 11) is 0. The average Bonchev–Trinajstić information content (AvgIpc) is 3.05. The van der Waals surface area contributed by atoms with Crippen molar-refractivity contribution >= 4 is 23.0 Å². The van der Waals surface area contributed by atoms with E-state index in [1.165, 1.54) is 6.33 Å². The van der Waals surface area contributed by atoms with Gasteiger partial charge in [-0.15, -0.1) is 0 Å². The normalized spacial score (nSPS) is 16.0. The summed E-state index contributed by atoms with van der Waals surface area (Å²) in [6.45, 7) is -0.0458. The molecule has 1 aliphatic carbocycles. The molecule has 2 aromatic rings. The van der Waals surface area contributed by atoms with E-state index in [-0.39, 0.29) is 12.6 Å². The van der Waals surface area contributed by atoms with Crippen LogP contribution in [0.15, 0.2) is 12.7 Å². The number of hydrogen-bond acceptors (Lipinski definition) is 5. The van der Waals surface area contributed by atoms with Crippen molar-refractivity contribution in [1.29, 1.82) is 0 Å². The second-order valence-corrected chi connectivity index (χ2v) is 4.76. The lowest BCUT2D eigenvalue weighted by Crippen LogP contribution is -2.38. The molecular weight excluding hydrogens is 246 g/mol. The maximum atomic E-state index is 11.1. The summed E-state index contributed by atoms with van der Waals surface area (Å²) in [4.78, 5) is 28.4. The topological polar surface area (TPSA) is 95.0 Å². The number of aromatic nitrogens is 4. The van der Waals surface area contributed by atoms with Crippen LogP contribution in [0, 0.1) is 0 Å². The Hall–Kier alpha value is -2.18. The van der Waals surface area contributed by atoms with Crippen molar-refractivity contribution in [2.75, 3.05) is 11.4 Å². The van der Waals surface area contributed by atoms with Crippen LogP contribution in [0.3, 0.4) is 0 Å². The van der Waals surface area contributed by atoms with Crippen LogP contribution in [0.1, 0.15) is 25.7 Å². The van der Waals surface area contributed by atoms with Crippen molar-refractivity contribution in [2.45, 2.75) is 31.7 Å². The molecule has 0 bridgehead atoms. The van der Waals surface area contributed by atoms with Gasteiger partial charge < -0.3 is 15.0 Å². The number of aliphatic carboxylic acids is 1. The standard InChI is InChI=1S/C12H15N5O2/c18-9(19)5-17(8-3-1-2-4-8)12-10-11(14-6-13-10)15-7-16-12/h6-8H,1-5H2,(H,18,19)(H,13,14,15,16). The third kappa shape index (κ3) is 2.23. The van der Waals surface area contributed by atoms with E-state index in [9.17, 15) is 4.79 Å². The quantitative estimate of drug-likeness (QED) is 0.858. The minimum Gasteiger partial charge on any atom is -0.480 e. The fourth-order valence-electron chi connectivity index (χ4n) is 2.71. The van der Waals surface area contributed by atoms with Crippen LogP contribution in [-0.2, 0) is 4.79 Å². The molecule has 0 unspecified atom stereocenters. The Morgan fingerprint density at radius 3 is 2.89 bits per heavy atom. The van der Waals surface area contributed by atoms with Gasteiger partial charge in [-0.1, -0.05) is 12.8 Å². The number of rotatable bonds is 4. The first-order chi connectivity index (χ1) is 9.25. The first-order valence-corrected chi connectivity index (χ1v) is 6.38. The maximum Gasteiger partial charge on any atom is 0.323 e. The molecule has 0 spiro atoms. The van der Waals surface area contributed by atoms with Crippen LogP contribution >= 0.6 is 0 Å². The van der Waals surface area contributed by atoms with Crippen molar-refractivity contribution in [3.05, 3.63) is 12.7 Å². The molecule has 2 heterocycles. The molecule has 0 saturated heterocycles. The van der Waals surface area contributed by atoms with E-state index in [2.05, 4.69) is 19.9 Å². The average molecular weight is 261 g/mol. The van der Waals surface area contributed by atoms with Gasteiger partial charge in [-0.05, 0) is 12.8 Å². The number of nitrogens with one attached hydrogen (secondary N) is 1. The minimum atomic E-state index is -0.849. The number of aromatic amines is 1. The van der Waals surface area contributed by atoms with Gasteiger partial charge in [-0.25, -0.2) is 15.0 Å². The van der Waals surface area contributed by atoms with E-state index in [0.29, 0.717) is 17.0 Å². The zero-order chi connectivity index (χ0) is 13.2. The van der Waals surface area contributed by atoms with Crippen molar-refractivity contribution < 1.29 is 9.90 Å². The predicted molar refractivity (Wildman–Crippen MR) is 68.9 cm³/mol. The lowest BCUT2D eigenvalue weighted by Gasteiger charge is -2.28. The summed E-state index contributed by atoms with van der Waals surface area (Å²) < 4.78 is 0. The number of carbonyl (C=O) groups is 1. The molecule has 19 heavy (non-hydrogen) atoms. The second-order valence-electron chi connectivity index (χ2n) is 4.76. The highest BCUT2D eigenvalue weighted by Gasteiger charge is 2.27. The SMILES string of the molecule is O=C(O)CN(c1ncnc2nc[nH]c12)C1CCCC1. The van der Waals surface area contributed by atoms with Gasteiger partial charge in [0.2, 0.25) is 0 Å². The third-order valence-corrected chi connectivity index (χ3v) is 3.55. The molecule has 1 fully saturated rings. The predicted octanol–water partition coefficient (Wildman–Crippen LogP) is 1.19. The van der Waals surface area contributed by atoms with Crippen molar-refractivity contribution in [1.82, 2.24) is 19.9 Å². The summed E-state index contributed by atoms with van der Waals surface area (Å²) in [6.07, 6.45) is 7.27. The Morgan fingerprint density at radius 2 is 2.16 bits per heavy atom. The zero-order valence-electron chi connectivity index (χ0n) is 10.4. The van der Waals surface area contributed by atoms with Gasteiger partial charge in [-0.2, -0.15) is 0 Å². The highest BCUT2D eigenvalue weighted by Crippen LogP contribution is 2.29. The molecule has 100 valence electrons. The van der Waals surface area contributed by atoms with Gasteiger partial charge >= 0.3 is 5.97 Å². The van der Waals surface area contributed by atoms with Crippen molar-refractivity contribution in [3.63, 3.8) is 0 Å². The molecule has 0 atom stereocenters. The van der Waals surface area contributed by atoms with Gasteiger partial charge in [0.25, 0.3) is 0 Å². The van der Waals surface area contributed by atoms with E-state index in [1.54, 1.807) is 6.33 Å². The van der Waals surface area contributed by atoms with E-state index in [1.807, 2.05) is 4.90 Å². The largest absolute Gasteiger partial charge is 0.480 e. The third-order valence-electron chi connectivity index (χ3n) is 3.55. The Balaban J connectivity index is 2.02. The van der Waals surface area contributed by atoms with E-state index < -0.39 is 5.97 Å². The number of H-pyrrole nitrogens is 1. The number of imidazole rings is 1. The van der Waals surface area contributed by atoms with Crippen molar-refractivity contribution in [3.8, 4) is 0 Å². The summed E-state index contributed by atoms with van der Waals surface area (Å²) >= 11 is 0. The molecule has 7 nitrogen and oxygen atoms in total. The fraction of sp³-hybridized carbons (Fsp3) is 0.500. The first kappa shape index (κ1) is 11.9. The smallest absolute Gasteiger partial charge is 0.323 e. The van der Waals surface area contributed by atoms with Crippen LogP contribution in [0.5, 0.6) is 0 Å². The lowest BCUT2D eigenvalue weighted by molar-refractivity contribution is -0.135. The van der Waals surface area contributed by atoms with Gasteiger partial charge in [0, 0.05) is 6.04 Å². The highest BCUT2D eigenvalue weighted by molar-refractivity contribution is 5.85. The number of carboxylic acid groups (broad SMARTS) is 1. The summed E-state index contributed by atoms with van der Waals surface area (Å²) in [5.41, 5.74) is 1.27. The Morgan fingerprint density at radius 1 is 1.37 bits per heavy atom. The molecule has 7 heteroatoms. The lowest BCUT2D eigenvalue weighted by atomic mass is 10.2.